The SMILES string of the molecule is CC(C)(C)c1nc2cc(C(=O)O)ccc2n1CCC1CC1. The van der Waals surface area contributed by atoms with Crippen LogP contribution < -0.4 is 0 Å². The van der Waals surface area contributed by atoms with Crippen molar-refractivity contribution in [2.75, 3.05) is 0 Å². The quantitative estimate of drug-likeness (QED) is 0.929. The van der Waals surface area contributed by atoms with Gasteiger partial charge in [0.15, 0.2) is 0 Å². The normalized spacial score (nSPS) is 15.6. The summed E-state index contributed by atoms with van der Waals surface area (Å²) in [6.45, 7) is 7.43. The van der Waals surface area contributed by atoms with Gasteiger partial charge in [-0.1, -0.05) is 33.6 Å². The van der Waals surface area contributed by atoms with Gasteiger partial charge in [0.2, 0.25) is 0 Å². The second kappa shape index (κ2) is 4.86. The van der Waals surface area contributed by atoms with Gasteiger partial charge in [0.25, 0.3) is 0 Å². The molecule has 0 saturated heterocycles. The van der Waals surface area contributed by atoms with E-state index in [1.54, 1.807) is 12.1 Å². The summed E-state index contributed by atoms with van der Waals surface area (Å²) >= 11 is 0. The maximum Gasteiger partial charge on any atom is 0.335 e. The Balaban J connectivity index is 2.08. The molecule has 0 spiro atoms. The monoisotopic (exact) mass is 286 g/mol. The van der Waals surface area contributed by atoms with Crippen molar-refractivity contribution in [3.63, 3.8) is 0 Å². The summed E-state index contributed by atoms with van der Waals surface area (Å²) in [4.78, 5) is 15.8. The predicted octanol–water partition coefficient (Wildman–Crippen LogP) is 3.83. The minimum absolute atomic E-state index is 0.0496. The van der Waals surface area contributed by atoms with Crippen LogP contribution in [-0.2, 0) is 12.0 Å². The van der Waals surface area contributed by atoms with E-state index in [1.807, 2.05) is 6.07 Å². The first-order valence-corrected chi connectivity index (χ1v) is 7.60. The molecular formula is C17H22N2O2. The largest absolute Gasteiger partial charge is 0.478 e. The summed E-state index contributed by atoms with van der Waals surface area (Å²) in [5.41, 5.74) is 2.09. The minimum Gasteiger partial charge on any atom is -0.478 e. The number of hydrogen-bond acceptors (Lipinski definition) is 2. The summed E-state index contributed by atoms with van der Waals surface area (Å²) in [5, 5.41) is 9.13. The Labute approximate surface area is 124 Å². The van der Waals surface area contributed by atoms with Crippen molar-refractivity contribution in [3.8, 4) is 0 Å². The van der Waals surface area contributed by atoms with E-state index in [0.717, 1.165) is 29.3 Å². The topological polar surface area (TPSA) is 55.1 Å². The molecule has 0 radical (unpaired) electrons. The molecule has 2 aromatic rings. The summed E-state index contributed by atoms with van der Waals surface area (Å²) in [6, 6.07) is 5.25. The highest BCUT2D eigenvalue weighted by molar-refractivity contribution is 5.92. The average Bonchev–Trinajstić information content (AvgIpc) is 3.14. The predicted molar refractivity (Wildman–Crippen MR) is 82.7 cm³/mol. The van der Waals surface area contributed by atoms with Crippen LogP contribution in [0.4, 0.5) is 0 Å². The second-order valence-corrected chi connectivity index (χ2v) is 7.08. The maximum atomic E-state index is 11.1. The summed E-state index contributed by atoms with van der Waals surface area (Å²) in [6.07, 6.45) is 3.89. The zero-order chi connectivity index (χ0) is 15.2. The van der Waals surface area contributed by atoms with Crippen LogP contribution in [0.2, 0.25) is 0 Å². The van der Waals surface area contributed by atoms with Crippen molar-refractivity contribution < 1.29 is 9.90 Å². The molecule has 1 aromatic carbocycles. The molecule has 1 aliphatic rings. The zero-order valence-corrected chi connectivity index (χ0v) is 12.9. The third kappa shape index (κ3) is 2.80. The van der Waals surface area contributed by atoms with Crippen LogP contribution >= 0.6 is 0 Å². The van der Waals surface area contributed by atoms with E-state index >= 15 is 0 Å². The van der Waals surface area contributed by atoms with Crippen LogP contribution in [0.25, 0.3) is 11.0 Å². The molecule has 1 heterocycles. The number of aryl methyl sites for hydroxylation is 1. The van der Waals surface area contributed by atoms with E-state index in [1.165, 1.54) is 19.3 Å². The van der Waals surface area contributed by atoms with E-state index < -0.39 is 5.97 Å². The minimum atomic E-state index is -0.901. The number of benzene rings is 1. The molecule has 4 heteroatoms. The van der Waals surface area contributed by atoms with Gasteiger partial charge in [-0.15, -0.1) is 0 Å². The molecule has 1 saturated carbocycles. The van der Waals surface area contributed by atoms with Gasteiger partial charge in [-0.25, -0.2) is 9.78 Å². The van der Waals surface area contributed by atoms with Gasteiger partial charge in [-0.3, -0.25) is 0 Å². The highest BCUT2D eigenvalue weighted by Gasteiger charge is 2.26. The van der Waals surface area contributed by atoms with Crippen molar-refractivity contribution in [3.05, 3.63) is 29.6 Å². The fourth-order valence-electron chi connectivity index (χ4n) is 2.78. The molecule has 21 heavy (non-hydrogen) atoms. The highest BCUT2D eigenvalue weighted by Crippen LogP contribution is 2.34. The van der Waals surface area contributed by atoms with Gasteiger partial charge in [-0.2, -0.15) is 0 Å². The van der Waals surface area contributed by atoms with Crippen LogP contribution in [0.1, 0.15) is 56.2 Å². The number of rotatable bonds is 4. The molecule has 112 valence electrons. The third-order valence-corrected chi connectivity index (χ3v) is 4.12. The second-order valence-electron chi connectivity index (χ2n) is 7.08. The van der Waals surface area contributed by atoms with Crippen LogP contribution in [0.15, 0.2) is 18.2 Å². The Morgan fingerprint density at radius 3 is 2.67 bits per heavy atom. The smallest absolute Gasteiger partial charge is 0.335 e. The number of aromatic carboxylic acids is 1. The number of fused-ring (bicyclic) bond motifs is 1. The lowest BCUT2D eigenvalue weighted by atomic mass is 9.95. The molecular weight excluding hydrogens is 264 g/mol. The lowest BCUT2D eigenvalue weighted by Crippen LogP contribution is -2.19. The van der Waals surface area contributed by atoms with Crippen LogP contribution in [0, 0.1) is 5.92 Å². The maximum absolute atomic E-state index is 11.1. The number of imidazole rings is 1. The highest BCUT2D eigenvalue weighted by atomic mass is 16.4. The summed E-state index contributed by atoms with van der Waals surface area (Å²) in [7, 11) is 0. The van der Waals surface area contributed by atoms with E-state index in [-0.39, 0.29) is 5.41 Å². The summed E-state index contributed by atoms with van der Waals surface area (Å²) < 4.78 is 2.28. The van der Waals surface area contributed by atoms with Gasteiger partial charge in [0.1, 0.15) is 5.82 Å². The van der Waals surface area contributed by atoms with Crippen molar-refractivity contribution >= 4 is 17.0 Å². The number of nitrogens with zero attached hydrogens (tertiary/aromatic N) is 2. The Morgan fingerprint density at radius 2 is 2.10 bits per heavy atom. The van der Waals surface area contributed by atoms with Crippen molar-refractivity contribution in [2.45, 2.75) is 52.0 Å². The Kier molecular flexibility index (Phi) is 3.27. The molecule has 0 amide bonds. The lowest BCUT2D eigenvalue weighted by molar-refractivity contribution is 0.0697. The van der Waals surface area contributed by atoms with Crippen molar-refractivity contribution in [2.24, 2.45) is 5.92 Å². The van der Waals surface area contributed by atoms with Gasteiger partial charge in [0.05, 0.1) is 16.6 Å². The van der Waals surface area contributed by atoms with Gasteiger partial charge in [0, 0.05) is 12.0 Å². The number of carboxylic acid groups (broad SMARTS) is 1. The first kappa shape index (κ1) is 14.1. The van der Waals surface area contributed by atoms with E-state index in [9.17, 15) is 4.79 Å². The van der Waals surface area contributed by atoms with Gasteiger partial charge in [-0.05, 0) is 30.5 Å². The van der Waals surface area contributed by atoms with Gasteiger partial charge >= 0.3 is 5.97 Å². The number of hydrogen-bond donors (Lipinski definition) is 1. The summed E-state index contributed by atoms with van der Waals surface area (Å²) in [5.74, 6) is 1.01. The van der Waals surface area contributed by atoms with Crippen LogP contribution in [0.5, 0.6) is 0 Å². The molecule has 1 N–H and O–H groups in total. The van der Waals surface area contributed by atoms with Gasteiger partial charge < -0.3 is 9.67 Å². The molecule has 1 fully saturated rings. The average molecular weight is 286 g/mol. The standard InChI is InChI=1S/C17H22N2O2/c1-17(2,3)16-18-13-10-12(15(20)21)6-7-14(13)19(16)9-8-11-4-5-11/h6-7,10-11H,4-5,8-9H2,1-3H3,(H,20,21). The van der Waals surface area contributed by atoms with E-state index in [4.69, 9.17) is 10.1 Å². The Bertz CT molecular complexity index is 691. The molecule has 0 unspecified atom stereocenters. The fourth-order valence-corrected chi connectivity index (χ4v) is 2.78. The molecule has 0 bridgehead atoms. The number of carboxylic acids is 1. The van der Waals surface area contributed by atoms with Crippen LogP contribution in [0.3, 0.4) is 0 Å². The molecule has 3 rings (SSSR count). The molecule has 1 aliphatic carbocycles. The van der Waals surface area contributed by atoms with Crippen molar-refractivity contribution in [1.82, 2.24) is 9.55 Å². The zero-order valence-electron chi connectivity index (χ0n) is 12.9. The molecule has 0 aliphatic heterocycles. The first-order chi connectivity index (χ1) is 9.86. The van der Waals surface area contributed by atoms with Crippen molar-refractivity contribution in [1.29, 1.82) is 0 Å². The first-order valence-electron chi connectivity index (χ1n) is 7.60. The molecule has 0 atom stereocenters. The van der Waals surface area contributed by atoms with E-state index in [0.29, 0.717) is 5.56 Å². The molecule has 1 aromatic heterocycles. The third-order valence-electron chi connectivity index (χ3n) is 4.12. The lowest BCUT2D eigenvalue weighted by Gasteiger charge is -2.20. The Hall–Kier alpha value is -1.84. The molecule has 4 nitrogen and oxygen atoms in total. The number of aromatic nitrogens is 2. The number of carbonyl (C=O) groups is 1. The van der Waals surface area contributed by atoms with E-state index in [2.05, 4.69) is 25.3 Å². The Morgan fingerprint density at radius 1 is 1.38 bits per heavy atom. The van der Waals surface area contributed by atoms with Crippen LogP contribution in [-0.4, -0.2) is 20.6 Å². The fraction of sp³-hybridized carbons (Fsp3) is 0.529.